The van der Waals surface area contributed by atoms with E-state index in [4.69, 9.17) is 16.3 Å². The van der Waals surface area contributed by atoms with Crippen molar-refractivity contribution in [3.8, 4) is 17.3 Å². The molecule has 5 aromatic rings. The predicted molar refractivity (Wildman–Crippen MR) is 179 cm³/mol. The molecular formula is C32H31ClF3N11O5. The molecule has 52 heavy (non-hydrogen) atoms. The Morgan fingerprint density at radius 1 is 1.10 bits per heavy atom. The molecule has 0 saturated carbocycles. The minimum atomic E-state index is -4.62. The Morgan fingerprint density at radius 2 is 1.87 bits per heavy atom. The van der Waals surface area contributed by atoms with Gasteiger partial charge in [-0.15, -0.1) is 5.10 Å². The van der Waals surface area contributed by atoms with Crippen LogP contribution in [0.1, 0.15) is 40.2 Å². The molecule has 16 nitrogen and oxygen atoms in total. The molecule has 2 aliphatic heterocycles. The van der Waals surface area contributed by atoms with E-state index in [9.17, 15) is 32.7 Å². The molecule has 1 fully saturated rings. The van der Waals surface area contributed by atoms with Crippen molar-refractivity contribution in [2.45, 2.75) is 46.1 Å². The number of nitrogens with zero attached hydrogens (tertiary/aromatic N) is 10. The Bertz CT molecular complexity index is 2250. The van der Waals surface area contributed by atoms with Gasteiger partial charge in [0.2, 0.25) is 17.5 Å². The van der Waals surface area contributed by atoms with Gasteiger partial charge in [-0.2, -0.15) is 22.7 Å². The molecule has 0 spiro atoms. The maximum atomic E-state index is 14.3. The maximum absolute atomic E-state index is 14.3. The fourth-order valence-electron chi connectivity index (χ4n) is 6.27. The molecule has 1 aromatic carbocycles. The van der Waals surface area contributed by atoms with Crippen LogP contribution in [0.25, 0.3) is 17.3 Å². The highest BCUT2D eigenvalue weighted by Crippen LogP contribution is 2.34. The predicted octanol–water partition coefficient (Wildman–Crippen LogP) is 2.92. The van der Waals surface area contributed by atoms with Crippen LogP contribution in [0, 0.1) is 6.92 Å². The van der Waals surface area contributed by atoms with Crippen LogP contribution in [-0.4, -0.2) is 93.3 Å². The Kier molecular flexibility index (Phi) is 9.07. The molecule has 2 amide bonds. The van der Waals surface area contributed by atoms with Crippen LogP contribution in [0.4, 0.5) is 24.5 Å². The number of anilines is 2. The zero-order valence-corrected chi connectivity index (χ0v) is 28.6. The first-order valence-electron chi connectivity index (χ1n) is 16.2. The summed E-state index contributed by atoms with van der Waals surface area (Å²) >= 11 is 6.12. The largest absolute Gasteiger partial charge is 0.504 e. The first kappa shape index (κ1) is 34.9. The van der Waals surface area contributed by atoms with Crippen LogP contribution < -0.4 is 15.8 Å². The molecule has 7 rings (SSSR count). The van der Waals surface area contributed by atoms with Gasteiger partial charge in [-0.1, -0.05) is 18.5 Å². The van der Waals surface area contributed by atoms with Crippen LogP contribution in [0.15, 0.2) is 35.5 Å². The van der Waals surface area contributed by atoms with Gasteiger partial charge >= 0.3 is 6.18 Å². The van der Waals surface area contributed by atoms with Crippen molar-refractivity contribution in [3.05, 3.63) is 74.6 Å². The quantitative estimate of drug-likeness (QED) is 0.251. The summed E-state index contributed by atoms with van der Waals surface area (Å²) in [5.41, 5.74) is -0.308. The van der Waals surface area contributed by atoms with Gasteiger partial charge in [-0.3, -0.25) is 14.4 Å². The van der Waals surface area contributed by atoms with Gasteiger partial charge < -0.3 is 34.1 Å². The summed E-state index contributed by atoms with van der Waals surface area (Å²) < 4.78 is 49.7. The Hall–Kier alpha value is -5.56. The number of piperazine rings is 1. The standard InChI is InChI=1S/C32H31ClF3N11O5/c1-3-22-26(43-6-8-44(9-7-43)29(50)25-27(49)17(2)37-16-38-25)30(51)47-31(41-28(42-47)21-13-45-10-11-52-15-23(45)39-21)46(22)14-24(48)40-20-5-4-18(12-19(20)33)32(34,35)36/h4-5,12-13,16,49H,3,6-11,14-15H2,1-2H3,(H,40,48). The third kappa shape index (κ3) is 6.40. The molecule has 6 heterocycles. The van der Waals surface area contributed by atoms with E-state index in [0.717, 1.165) is 22.7 Å². The summed E-state index contributed by atoms with van der Waals surface area (Å²) in [6.07, 6.45) is -1.40. The van der Waals surface area contributed by atoms with Gasteiger partial charge in [0.25, 0.3) is 11.5 Å². The number of hydrogen-bond acceptors (Lipinski definition) is 11. The fraction of sp³-hybridized carbons (Fsp3) is 0.375. The number of hydrogen-bond donors (Lipinski definition) is 2. The second-order valence-corrected chi connectivity index (χ2v) is 12.6. The van der Waals surface area contributed by atoms with Crippen LogP contribution in [0.5, 0.6) is 5.75 Å². The molecule has 0 aliphatic carbocycles. The number of rotatable bonds is 7. The summed E-state index contributed by atoms with van der Waals surface area (Å²) in [4.78, 5) is 61.5. The Balaban J connectivity index is 1.25. The number of halogens is 4. The van der Waals surface area contributed by atoms with Gasteiger partial charge in [-0.05, 0) is 31.5 Å². The number of imidazole rings is 1. The third-order valence-electron chi connectivity index (χ3n) is 8.92. The number of fused-ring (bicyclic) bond motifs is 2. The SMILES string of the molecule is CCc1c(N2CCN(C(=O)c3ncnc(C)c3O)CC2)c(=O)n2nc(-c3cn4c(n3)COCC4)nc2n1CC(=O)Nc1ccc(C(F)(F)F)cc1Cl. The second-order valence-electron chi connectivity index (χ2n) is 12.2. The second kappa shape index (κ2) is 13.5. The molecule has 2 aliphatic rings. The monoisotopic (exact) mass is 741 g/mol. The molecule has 272 valence electrons. The zero-order valence-electron chi connectivity index (χ0n) is 27.8. The zero-order chi connectivity index (χ0) is 36.9. The smallest absolute Gasteiger partial charge is 0.416 e. The number of aromatic hydroxyl groups is 1. The molecule has 0 unspecified atom stereocenters. The summed E-state index contributed by atoms with van der Waals surface area (Å²) in [6.45, 7) is 5.12. The van der Waals surface area contributed by atoms with Crippen molar-refractivity contribution in [1.29, 1.82) is 0 Å². The first-order chi connectivity index (χ1) is 24.8. The number of carbonyl (C=O) groups is 2. The van der Waals surface area contributed by atoms with E-state index in [1.807, 2.05) is 4.57 Å². The lowest BCUT2D eigenvalue weighted by Crippen LogP contribution is -2.51. The first-order valence-corrected chi connectivity index (χ1v) is 16.6. The molecule has 0 atom stereocenters. The van der Waals surface area contributed by atoms with Gasteiger partial charge in [0.05, 0.1) is 34.3 Å². The number of nitrogens with one attached hydrogen (secondary N) is 1. The van der Waals surface area contributed by atoms with E-state index in [1.54, 1.807) is 24.9 Å². The molecule has 4 aromatic heterocycles. The summed E-state index contributed by atoms with van der Waals surface area (Å²) in [6, 6.07) is 2.60. The van der Waals surface area contributed by atoms with Crippen molar-refractivity contribution < 1.29 is 32.6 Å². The van der Waals surface area contributed by atoms with Gasteiger partial charge in [0.1, 0.15) is 36.7 Å². The topological polar surface area (TPSA) is 178 Å². The number of carbonyl (C=O) groups excluding carboxylic acids is 2. The lowest BCUT2D eigenvalue weighted by molar-refractivity contribution is -0.137. The number of ether oxygens (including phenoxy) is 1. The van der Waals surface area contributed by atoms with E-state index in [-0.39, 0.29) is 77.7 Å². The minimum absolute atomic E-state index is 0.0336. The van der Waals surface area contributed by atoms with Gasteiger partial charge in [-0.25, -0.2) is 15.0 Å². The molecule has 2 N–H and O–H groups in total. The van der Waals surface area contributed by atoms with E-state index < -0.39 is 35.7 Å². The van der Waals surface area contributed by atoms with Gasteiger partial charge in [0, 0.05) is 38.9 Å². The van der Waals surface area contributed by atoms with Crippen molar-refractivity contribution in [2.24, 2.45) is 0 Å². The van der Waals surface area contributed by atoms with Crippen LogP contribution in [0.3, 0.4) is 0 Å². The normalized spacial score (nSPS) is 14.9. The number of alkyl halides is 3. The molecule has 1 saturated heterocycles. The fourth-order valence-corrected chi connectivity index (χ4v) is 6.50. The number of amides is 2. The van der Waals surface area contributed by atoms with Crippen molar-refractivity contribution in [3.63, 3.8) is 0 Å². The molecule has 0 bridgehead atoms. The van der Waals surface area contributed by atoms with E-state index in [2.05, 4.69) is 30.4 Å². The molecular weight excluding hydrogens is 711 g/mol. The lowest BCUT2D eigenvalue weighted by atomic mass is 10.2. The van der Waals surface area contributed by atoms with E-state index in [1.165, 1.54) is 15.8 Å². The number of benzene rings is 1. The Labute approximate surface area is 297 Å². The average molecular weight is 742 g/mol. The van der Waals surface area contributed by atoms with Crippen LogP contribution in [-0.2, 0) is 41.8 Å². The maximum Gasteiger partial charge on any atom is 0.416 e. The van der Waals surface area contributed by atoms with Crippen molar-refractivity contribution >= 4 is 40.6 Å². The van der Waals surface area contributed by atoms with Crippen molar-refractivity contribution in [2.75, 3.05) is 43.0 Å². The van der Waals surface area contributed by atoms with Crippen LogP contribution >= 0.6 is 11.6 Å². The van der Waals surface area contributed by atoms with Crippen molar-refractivity contribution in [1.82, 2.24) is 43.6 Å². The lowest BCUT2D eigenvalue weighted by Gasteiger charge is -2.36. The number of aromatic nitrogens is 8. The Morgan fingerprint density at radius 3 is 2.56 bits per heavy atom. The third-order valence-corrected chi connectivity index (χ3v) is 9.23. The molecule has 20 heteroatoms. The highest BCUT2D eigenvalue weighted by atomic mass is 35.5. The minimum Gasteiger partial charge on any atom is -0.504 e. The summed E-state index contributed by atoms with van der Waals surface area (Å²) in [5.74, 6) is -0.605. The highest BCUT2D eigenvalue weighted by Gasteiger charge is 2.32. The van der Waals surface area contributed by atoms with Crippen LogP contribution in [0.2, 0.25) is 5.02 Å². The van der Waals surface area contributed by atoms with Gasteiger partial charge in [0.15, 0.2) is 11.4 Å². The van der Waals surface area contributed by atoms with E-state index in [0.29, 0.717) is 37.0 Å². The van der Waals surface area contributed by atoms with E-state index >= 15 is 0 Å². The summed E-state index contributed by atoms with van der Waals surface area (Å²) in [5, 5.41) is 17.2. The highest BCUT2D eigenvalue weighted by molar-refractivity contribution is 6.33. The summed E-state index contributed by atoms with van der Waals surface area (Å²) in [7, 11) is 0. The number of aryl methyl sites for hydroxylation is 1. The molecule has 0 radical (unpaired) electrons. The average Bonchev–Trinajstić information content (AvgIpc) is 3.76.